The van der Waals surface area contributed by atoms with Crippen LogP contribution in [-0.4, -0.2) is 91.4 Å². The molecule has 0 unspecified atom stereocenters. The summed E-state index contributed by atoms with van der Waals surface area (Å²) in [6.45, 7) is 7.97. The summed E-state index contributed by atoms with van der Waals surface area (Å²) in [4.78, 5) is 63.3. The molecule has 15 heteroatoms. The van der Waals surface area contributed by atoms with Crippen LogP contribution in [0, 0.1) is 17.3 Å². The fraction of sp³-hybridized carbons (Fsp3) is 0.500. The molecule has 8 rings (SSSR count). The predicted molar refractivity (Wildman–Crippen MR) is 230 cm³/mol. The Morgan fingerprint density at radius 2 is 1.82 bits per heavy atom. The summed E-state index contributed by atoms with van der Waals surface area (Å²) < 4.78 is 46.4. The van der Waals surface area contributed by atoms with Crippen molar-refractivity contribution in [2.45, 2.75) is 107 Å². The smallest absolute Gasteiger partial charge is 0.407 e. The fourth-order valence-corrected chi connectivity index (χ4v) is 10.4. The third kappa shape index (κ3) is 8.98. The summed E-state index contributed by atoms with van der Waals surface area (Å²) in [5.41, 5.74) is 0.981. The van der Waals surface area contributed by atoms with Gasteiger partial charge < -0.3 is 29.7 Å². The lowest BCUT2D eigenvalue weighted by atomic mass is 9.88. The first-order chi connectivity index (χ1) is 29.2. The van der Waals surface area contributed by atoms with Gasteiger partial charge in [0.05, 0.1) is 36.7 Å². The summed E-state index contributed by atoms with van der Waals surface area (Å²) >= 11 is 0. The number of methoxy groups -OCH3 is 1. The number of fused-ring (bicyclic) bond motifs is 3. The molecule has 5 atom stereocenters. The van der Waals surface area contributed by atoms with E-state index in [0.29, 0.717) is 66.6 Å². The van der Waals surface area contributed by atoms with Crippen LogP contribution < -0.4 is 24.8 Å². The second kappa shape index (κ2) is 16.8. The molecule has 3 heterocycles. The number of hydrogen-bond acceptors (Lipinski definition) is 10. The van der Waals surface area contributed by atoms with Crippen LogP contribution in [0.3, 0.4) is 0 Å². The van der Waals surface area contributed by atoms with Crippen molar-refractivity contribution >= 4 is 50.8 Å². The van der Waals surface area contributed by atoms with Crippen molar-refractivity contribution in [2.75, 3.05) is 20.3 Å². The Hall–Kier alpha value is -5.44. The minimum atomic E-state index is -3.92. The Balaban J connectivity index is 1.19. The Labute approximate surface area is 356 Å². The third-order valence-corrected chi connectivity index (χ3v) is 14.7. The van der Waals surface area contributed by atoms with Gasteiger partial charge in [0.2, 0.25) is 21.8 Å². The third-order valence-electron chi connectivity index (χ3n) is 12.9. The van der Waals surface area contributed by atoms with E-state index < -0.39 is 68.7 Å². The van der Waals surface area contributed by atoms with Crippen LogP contribution in [0.25, 0.3) is 28.2 Å². The number of amides is 4. The SMILES string of the molecule is C=C[C@H]1C[C@]1(NC(=O)[C@@H]1C[C@@H]2CN1C(=O)[C@H](C1CCCC1)NC(=O)OCC(C)(C)CC/C=C/c1cc3c(cc(-c4ccccc4)nc3cc1OC)O2)C(=O)NS(=O)(=O)C1CC1. The minimum Gasteiger partial charge on any atom is -0.496 e. The van der Waals surface area contributed by atoms with Crippen LogP contribution in [-0.2, 0) is 29.1 Å². The Morgan fingerprint density at radius 3 is 2.51 bits per heavy atom. The van der Waals surface area contributed by atoms with Gasteiger partial charge in [0.25, 0.3) is 5.91 Å². The molecule has 3 aliphatic carbocycles. The number of carbonyl (C=O) groups is 4. The van der Waals surface area contributed by atoms with Crippen LogP contribution in [0.15, 0.2) is 67.3 Å². The van der Waals surface area contributed by atoms with E-state index >= 15 is 0 Å². The lowest BCUT2D eigenvalue weighted by Crippen LogP contribution is -2.59. The normalized spacial score (nSPS) is 27.4. The minimum absolute atomic E-state index is 0.0164. The number of sulfonamides is 1. The van der Waals surface area contributed by atoms with E-state index in [1.807, 2.05) is 68.5 Å². The fourth-order valence-electron chi connectivity index (χ4n) is 9.01. The van der Waals surface area contributed by atoms with Crippen molar-refractivity contribution in [3.8, 4) is 22.8 Å². The van der Waals surface area contributed by atoms with Crippen LogP contribution in [0.1, 0.15) is 83.6 Å². The highest BCUT2D eigenvalue weighted by molar-refractivity contribution is 7.91. The van der Waals surface area contributed by atoms with E-state index in [9.17, 15) is 27.6 Å². The molecule has 2 aromatic carbocycles. The molecule has 0 spiro atoms. The van der Waals surface area contributed by atoms with Crippen LogP contribution in [0.2, 0.25) is 0 Å². The first kappa shape index (κ1) is 42.3. The van der Waals surface area contributed by atoms with Gasteiger partial charge in [0, 0.05) is 41.0 Å². The van der Waals surface area contributed by atoms with Crippen molar-refractivity contribution < 1.29 is 41.8 Å². The Morgan fingerprint density at radius 1 is 1.07 bits per heavy atom. The predicted octanol–water partition coefficient (Wildman–Crippen LogP) is 6.05. The quantitative estimate of drug-likeness (QED) is 0.215. The number of alkyl carbamates (subject to hydrolysis) is 1. The number of ether oxygens (including phenoxy) is 3. The molecule has 1 aromatic heterocycles. The molecule has 14 nitrogen and oxygen atoms in total. The summed E-state index contributed by atoms with van der Waals surface area (Å²) in [7, 11) is -2.31. The zero-order valence-corrected chi connectivity index (χ0v) is 35.8. The van der Waals surface area contributed by atoms with Gasteiger partial charge in [-0.2, -0.15) is 0 Å². The van der Waals surface area contributed by atoms with Crippen LogP contribution in [0.4, 0.5) is 4.79 Å². The van der Waals surface area contributed by atoms with E-state index in [2.05, 4.69) is 28.0 Å². The highest BCUT2D eigenvalue weighted by Gasteiger charge is 2.62. The molecule has 324 valence electrons. The molecule has 4 bridgehead atoms. The molecule has 4 amide bonds. The van der Waals surface area contributed by atoms with Gasteiger partial charge >= 0.3 is 6.09 Å². The number of pyridine rings is 1. The van der Waals surface area contributed by atoms with Gasteiger partial charge in [0.1, 0.15) is 35.2 Å². The van der Waals surface area contributed by atoms with Crippen molar-refractivity contribution in [2.24, 2.45) is 17.3 Å². The number of carbonyl (C=O) groups excluding carboxylic acids is 4. The molecule has 3 saturated carbocycles. The van der Waals surface area contributed by atoms with Gasteiger partial charge in [-0.3, -0.25) is 19.1 Å². The highest BCUT2D eigenvalue weighted by atomic mass is 32.2. The number of rotatable bonds is 9. The Kier molecular flexibility index (Phi) is 11.6. The maximum absolute atomic E-state index is 15.0. The molecule has 2 aliphatic heterocycles. The average Bonchev–Trinajstić information content (AvgIpc) is 4.12. The zero-order valence-electron chi connectivity index (χ0n) is 35.0. The monoisotopic (exact) mass is 853 g/mol. The molecule has 3 N–H and O–H groups in total. The highest BCUT2D eigenvalue weighted by Crippen LogP contribution is 2.46. The van der Waals surface area contributed by atoms with Crippen LogP contribution in [0.5, 0.6) is 11.5 Å². The molecule has 4 fully saturated rings. The second-order valence-corrected chi connectivity index (χ2v) is 20.0. The summed E-state index contributed by atoms with van der Waals surface area (Å²) in [5, 5.41) is 5.82. The number of nitrogens with one attached hydrogen (secondary N) is 3. The second-order valence-electron chi connectivity index (χ2n) is 18.0. The molecule has 1 saturated heterocycles. The van der Waals surface area contributed by atoms with E-state index in [0.717, 1.165) is 24.0 Å². The molecule has 3 aromatic rings. The zero-order chi connectivity index (χ0) is 43.1. The number of benzene rings is 2. The average molecular weight is 854 g/mol. The van der Waals surface area contributed by atoms with Gasteiger partial charge in [-0.05, 0) is 62.3 Å². The first-order valence-electron chi connectivity index (χ1n) is 21.4. The van der Waals surface area contributed by atoms with E-state index in [4.69, 9.17) is 19.2 Å². The lowest BCUT2D eigenvalue weighted by Gasteiger charge is -2.32. The van der Waals surface area contributed by atoms with Gasteiger partial charge in [-0.1, -0.05) is 75.2 Å². The number of aromatic nitrogens is 1. The lowest BCUT2D eigenvalue weighted by molar-refractivity contribution is -0.142. The summed E-state index contributed by atoms with van der Waals surface area (Å²) in [6.07, 6.45) is 9.83. The molecule has 0 radical (unpaired) electrons. The molecule has 61 heavy (non-hydrogen) atoms. The van der Waals surface area contributed by atoms with Gasteiger partial charge in [-0.15, -0.1) is 6.58 Å². The standard InChI is InChI=1S/C46H55N5O9S/c1-5-31-25-46(31,43(54)50-61(56,57)33-18-19-33)49-41(52)37-22-32-26-51(37)42(53)40(29-15-9-10-16-29)48-44(55)59-27-45(2,3)20-12-11-17-30-21-34-36(24-38(30)58-4)47-35(23-39(34)60-32)28-13-7-6-8-14-28/h5-8,11,13-14,17,21,23-24,29,31-33,37,40H,1,9-10,12,15-16,18-20,22,25-27H2,2-4H3,(H,48,55)(H,49,52)(H,50,54)/b17-11+/t31-,32+,37-,40-,46+/m0/s1. The Bertz CT molecular complexity index is 2360. The van der Waals surface area contributed by atoms with Crippen molar-refractivity contribution in [1.29, 1.82) is 0 Å². The topological polar surface area (TPSA) is 182 Å². The van der Waals surface area contributed by atoms with Crippen molar-refractivity contribution in [1.82, 2.24) is 25.2 Å². The van der Waals surface area contributed by atoms with Crippen molar-refractivity contribution in [3.63, 3.8) is 0 Å². The maximum atomic E-state index is 15.0. The summed E-state index contributed by atoms with van der Waals surface area (Å²) in [6, 6.07) is 13.3. The van der Waals surface area contributed by atoms with E-state index in [1.54, 1.807) is 7.11 Å². The first-order valence-corrected chi connectivity index (χ1v) is 22.9. The van der Waals surface area contributed by atoms with E-state index in [-0.39, 0.29) is 37.3 Å². The number of allylic oxidation sites excluding steroid dienone is 1. The summed E-state index contributed by atoms with van der Waals surface area (Å²) in [5.74, 6) is -1.54. The van der Waals surface area contributed by atoms with Crippen molar-refractivity contribution in [3.05, 3.63) is 72.8 Å². The number of nitrogens with zero attached hydrogens (tertiary/aromatic N) is 2. The molecule has 5 aliphatic rings. The van der Waals surface area contributed by atoms with E-state index in [1.165, 1.54) is 11.0 Å². The van der Waals surface area contributed by atoms with Crippen LogP contribution >= 0.6 is 0 Å². The number of hydrogen-bond donors (Lipinski definition) is 3. The molecular formula is C46H55N5O9S. The number of cyclic esters (lactones) is 1. The largest absolute Gasteiger partial charge is 0.496 e. The molecular weight excluding hydrogens is 799 g/mol. The maximum Gasteiger partial charge on any atom is 0.407 e. The van der Waals surface area contributed by atoms with Gasteiger partial charge in [-0.25, -0.2) is 18.2 Å². The van der Waals surface area contributed by atoms with Gasteiger partial charge in [0.15, 0.2) is 0 Å².